The molecule has 0 spiro atoms. The van der Waals surface area contributed by atoms with Gasteiger partial charge in [0.1, 0.15) is 35.6 Å². The molecule has 0 aromatic heterocycles. The number of carbonyl (C=O) groups excluding carboxylic acids is 5. The smallest absolute Gasteiger partial charge is 0.407 e. The molecule has 1 aromatic rings. The van der Waals surface area contributed by atoms with Crippen molar-refractivity contribution < 1.29 is 72.8 Å². The average molecular weight is 832 g/mol. The van der Waals surface area contributed by atoms with Crippen molar-refractivity contribution in [3.05, 3.63) is 47.0 Å². The standard InChI is InChI=1S/C43H61NO15/c1-21(2)17-26(44-38(52)59-39(6,7)8)31(48)37(51)56-27-19-43(53)35(57-36(50)25-15-13-12-14-16-25)33-41(11,28(47)18-29-42(33,20-54-29)58-24(5)46)34(49)32(55-23(4)45)30(22(27)3)40(43,9)10/h12-16,21,26-29,31-35,47-49,53H,17-20H2,1-11H3,(H,44,52)/t26-,27-,28-,29+,31+,32-,33-,34-,35-,41+,42-,43+/m0/s1. The normalized spacial score (nSPS) is 34.6. The van der Waals surface area contributed by atoms with E-state index >= 15 is 0 Å². The molecule has 1 heterocycles. The highest BCUT2D eigenvalue weighted by molar-refractivity contribution is 5.89. The molecular formula is C43H61NO15. The van der Waals surface area contributed by atoms with Crippen LogP contribution in [0.15, 0.2) is 41.5 Å². The molecule has 16 nitrogen and oxygen atoms in total. The molecule has 2 bridgehead atoms. The molecule has 59 heavy (non-hydrogen) atoms. The SMILES string of the molecule is CC(=O)O[C@H]1C2=C(C)[C@@H](OC(=O)[C@H](O)[C@H](CC(C)C)NC(=O)OC(C)(C)C)C[C@@](O)([C@@H](OC(=O)c3ccccc3)[C@@H]3[C@]4(OC(C)=O)CO[C@@H]4C[C@H](O)[C@@]3(C)[C@H]1O)C2(C)C. The van der Waals surface area contributed by atoms with Crippen LogP contribution in [0.3, 0.4) is 0 Å². The van der Waals surface area contributed by atoms with Gasteiger partial charge in [0.25, 0.3) is 0 Å². The van der Waals surface area contributed by atoms with Crippen LogP contribution in [-0.2, 0) is 42.8 Å². The number of fused-ring (bicyclic) bond motifs is 5. The van der Waals surface area contributed by atoms with E-state index in [2.05, 4.69) is 5.32 Å². The Balaban J connectivity index is 1.72. The first-order valence-electron chi connectivity index (χ1n) is 20.1. The lowest BCUT2D eigenvalue weighted by Gasteiger charge is -2.69. The van der Waals surface area contributed by atoms with Gasteiger partial charge in [-0.3, -0.25) is 9.59 Å². The number of benzene rings is 1. The van der Waals surface area contributed by atoms with Crippen molar-refractivity contribution in [3.63, 3.8) is 0 Å². The number of aliphatic hydroxyl groups is 4. The van der Waals surface area contributed by atoms with Crippen LogP contribution in [0.2, 0.25) is 0 Å². The summed E-state index contributed by atoms with van der Waals surface area (Å²) >= 11 is 0. The van der Waals surface area contributed by atoms with E-state index in [4.69, 9.17) is 28.4 Å². The molecule has 1 aromatic carbocycles. The largest absolute Gasteiger partial charge is 0.456 e. The molecule has 5 rings (SSSR count). The molecule has 4 aliphatic rings. The lowest BCUT2D eigenvalue weighted by Crippen LogP contribution is -2.82. The molecular weight excluding hydrogens is 770 g/mol. The molecule has 1 saturated heterocycles. The van der Waals surface area contributed by atoms with Gasteiger partial charge in [-0.25, -0.2) is 14.4 Å². The second kappa shape index (κ2) is 16.4. The summed E-state index contributed by atoms with van der Waals surface area (Å²) in [5.41, 5.74) is -7.90. The Kier molecular flexibility index (Phi) is 12.8. The maximum absolute atomic E-state index is 14.2. The van der Waals surface area contributed by atoms with Crippen LogP contribution in [-0.4, -0.2) is 123 Å². The first kappa shape index (κ1) is 46.0. The molecule has 3 fully saturated rings. The van der Waals surface area contributed by atoms with Gasteiger partial charge in [0.05, 0.1) is 30.2 Å². The van der Waals surface area contributed by atoms with Crippen molar-refractivity contribution in [1.82, 2.24) is 5.32 Å². The van der Waals surface area contributed by atoms with Crippen molar-refractivity contribution >= 4 is 30.0 Å². The molecule has 12 atom stereocenters. The van der Waals surface area contributed by atoms with E-state index in [0.717, 1.165) is 6.92 Å². The number of alkyl carbamates (subject to hydrolysis) is 1. The Hall–Kier alpha value is -4.09. The van der Waals surface area contributed by atoms with E-state index in [1.807, 2.05) is 13.8 Å². The summed E-state index contributed by atoms with van der Waals surface area (Å²) < 4.78 is 35.7. The molecule has 1 aliphatic heterocycles. The fraction of sp³-hybridized carbons (Fsp3) is 0.698. The zero-order valence-corrected chi connectivity index (χ0v) is 35.8. The number of amides is 1. The molecule has 1 amide bonds. The maximum Gasteiger partial charge on any atom is 0.407 e. The number of esters is 4. The lowest BCUT2D eigenvalue weighted by atomic mass is 9.44. The fourth-order valence-corrected chi connectivity index (χ4v) is 9.87. The van der Waals surface area contributed by atoms with E-state index in [9.17, 15) is 44.4 Å². The number of nitrogens with one attached hydrogen (secondary N) is 1. The Labute approximate surface area is 344 Å². The minimum absolute atomic E-state index is 0.0952. The van der Waals surface area contributed by atoms with Gasteiger partial charge in [-0.2, -0.15) is 0 Å². The van der Waals surface area contributed by atoms with Crippen LogP contribution in [0.1, 0.15) is 106 Å². The third kappa shape index (κ3) is 8.35. The van der Waals surface area contributed by atoms with Gasteiger partial charge in [0.15, 0.2) is 17.8 Å². The molecule has 5 N–H and O–H groups in total. The molecule has 16 heteroatoms. The zero-order valence-electron chi connectivity index (χ0n) is 35.8. The molecule has 0 radical (unpaired) electrons. The van der Waals surface area contributed by atoms with Gasteiger partial charge in [0, 0.05) is 37.5 Å². The number of rotatable bonds is 10. The van der Waals surface area contributed by atoms with E-state index in [1.54, 1.807) is 59.7 Å². The van der Waals surface area contributed by atoms with Crippen LogP contribution in [0, 0.1) is 22.7 Å². The first-order chi connectivity index (χ1) is 27.2. The average Bonchev–Trinajstić information content (AvgIpc) is 3.11. The summed E-state index contributed by atoms with van der Waals surface area (Å²) in [5, 5.41) is 52.5. The number of hydrogen-bond donors (Lipinski definition) is 5. The van der Waals surface area contributed by atoms with E-state index in [-0.39, 0.29) is 42.1 Å². The van der Waals surface area contributed by atoms with Crippen molar-refractivity contribution in [1.29, 1.82) is 0 Å². The Bertz CT molecular complexity index is 1820. The highest BCUT2D eigenvalue weighted by atomic mass is 16.6. The van der Waals surface area contributed by atoms with E-state index in [1.165, 1.54) is 26.0 Å². The van der Waals surface area contributed by atoms with Crippen molar-refractivity contribution in [2.75, 3.05) is 6.61 Å². The third-order valence-electron chi connectivity index (χ3n) is 12.7. The van der Waals surface area contributed by atoms with Gasteiger partial charge < -0.3 is 54.2 Å². The van der Waals surface area contributed by atoms with Crippen LogP contribution in [0.25, 0.3) is 0 Å². The van der Waals surface area contributed by atoms with Gasteiger partial charge in [-0.1, -0.05) is 52.8 Å². The van der Waals surface area contributed by atoms with Gasteiger partial charge in [-0.05, 0) is 63.3 Å². The zero-order chi connectivity index (χ0) is 44.2. The second-order valence-corrected chi connectivity index (χ2v) is 18.7. The minimum Gasteiger partial charge on any atom is -0.456 e. The van der Waals surface area contributed by atoms with Crippen LogP contribution < -0.4 is 5.32 Å². The number of carbonyl (C=O) groups is 5. The highest BCUT2D eigenvalue weighted by Crippen LogP contribution is 2.65. The summed E-state index contributed by atoms with van der Waals surface area (Å²) in [6.45, 7) is 16.9. The molecule has 3 aliphatic carbocycles. The van der Waals surface area contributed by atoms with Gasteiger partial charge in [0.2, 0.25) is 0 Å². The van der Waals surface area contributed by atoms with Crippen LogP contribution in [0.5, 0.6) is 0 Å². The Morgan fingerprint density at radius 3 is 2.12 bits per heavy atom. The van der Waals surface area contributed by atoms with Gasteiger partial charge >= 0.3 is 30.0 Å². The summed E-state index contributed by atoms with van der Waals surface area (Å²) in [7, 11) is 0. The van der Waals surface area contributed by atoms with Gasteiger partial charge in [-0.15, -0.1) is 0 Å². The number of ether oxygens (including phenoxy) is 6. The highest BCUT2D eigenvalue weighted by Gasteiger charge is 2.78. The number of hydrogen-bond acceptors (Lipinski definition) is 15. The number of aliphatic hydroxyl groups excluding tert-OH is 3. The molecule has 328 valence electrons. The lowest BCUT2D eigenvalue weighted by molar-refractivity contribution is -0.365. The monoisotopic (exact) mass is 831 g/mol. The predicted octanol–water partition coefficient (Wildman–Crippen LogP) is 3.30. The summed E-state index contributed by atoms with van der Waals surface area (Å²) in [6, 6.07) is 6.75. The van der Waals surface area contributed by atoms with Crippen molar-refractivity contribution in [2.24, 2.45) is 22.7 Å². The Morgan fingerprint density at radius 1 is 0.966 bits per heavy atom. The van der Waals surface area contributed by atoms with E-state index in [0.29, 0.717) is 0 Å². The van der Waals surface area contributed by atoms with Crippen LogP contribution >= 0.6 is 0 Å². The first-order valence-corrected chi connectivity index (χ1v) is 20.1. The molecule has 0 unspecified atom stereocenters. The summed E-state index contributed by atoms with van der Waals surface area (Å²) in [6.07, 6.45) is -12.3. The molecule has 2 saturated carbocycles. The Morgan fingerprint density at radius 2 is 1.59 bits per heavy atom. The second-order valence-electron chi connectivity index (χ2n) is 18.7. The fourth-order valence-electron chi connectivity index (χ4n) is 9.87. The minimum atomic E-state index is -2.33. The summed E-state index contributed by atoms with van der Waals surface area (Å²) in [5.74, 6) is -5.21. The maximum atomic E-state index is 14.2. The van der Waals surface area contributed by atoms with E-state index < -0.39 is 119 Å². The third-order valence-corrected chi connectivity index (χ3v) is 12.7. The predicted molar refractivity (Wildman–Crippen MR) is 208 cm³/mol. The van der Waals surface area contributed by atoms with Crippen molar-refractivity contribution in [2.45, 2.75) is 161 Å². The van der Waals surface area contributed by atoms with Crippen LogP contribution in [0.4, 0.5) is 4.79 Å². The topological polar surface area (TPSA) is 234 Å². The quantitative estimate of drug-likeness (QED) is 0.129. The summed E-state index contributed by atoms with van der Waals surface area (Å²) in [4.78, 5) is 67.0. The van der Waals surface area contributed by atoms with Crippen molar-refractivity contribution in [3.8, 4) is 0 Å².